The number of carbonyl (C=O) groups excluding carboxylic acids is 1. The molecule has 0 saturated carbocycles. The summed E-state index contributed by atoms with van der Waals surface area (Å²) in [5.41, 5.74) is 1.12. The van der Waals surface area contributed by atoms with Crippen LogP contribution in [0.25, 0.3) is 0 Å². The highest BCUT2D eigenvalue weighted by molar-refractivity contribution is 14.1. The highest BCUT2D eigenvalue weighted by atomic mass is 127. The SMILES string of the molecule is CC(=O)c1c(C)cc(C(F)F)cc1I. The molecule has 0 aromatic heterocycles. The molecular formula is C10H9F2IO. The minimum Gasteiger partial charge on any atom is -0.294 e. The van der Waals surface area contributed by atoms with E-state index in [9.17, 15) is 13.6 Å². The molecule has 0 saturated heterocycles. The van der Waals surface area contributed by atoms with Gasteiger partial charge in [0.2, 0.25) is 0 Å². The third kappa shape index (κ3) is 2.29. The van der Waals surface area contributed by atoms with Crippen LogP contribution in [0, 0.1) is 10.5 Å². The maximum Gasteiger partial charge on any atom is 0.263 e. The molecule has 0 heterocycles. The molecule has 14 heavy (non-hydrogen) atoms. The van der Waals surface area contributed by atoms with E-state index in [1.807, 2.05) is 22.6 Å². The van der Waals surface area contributed by atoms with Crippen LogP contribution in [0.3, 0.4) is 0 Å². The lowest BCUT2D eigenvalue weighted by Crippen LogP contribution is -2.01. The Morgan fingerprint density at radius 1 is 1.43 bits per heavy atom. The average molecular weight is 310 g/mol. The van der Waals surface area contributed by atoms with E-state index < -0.39 is 6.43 Å². The summed E-state index contributed by atoms with van der Waals surface area (Å²) in [5.74, 6) is -0.0901. The van der Waals surface area contributed by atoms with E-state index in [1.54, 1.807) is 6.92 Å². The summed E-state index contributed by atoms with van der Waals surface area (Å²) >= 11 is 1.91. The van der Waals surface area contributed by atoms with E-state index in [-0.39, 0.29) is 11.3 Å². The first-order chi connectivity index (χ1) is 6.43. The predicted molar refractivity (Wildman–Crippen MR) is 58.9 cm³/mol. The first kappa shape index (κ1) is 11.6. The molecular weight excluding hydrogens is 301 g/mol. The van der Waals surface area contributed by atoms with Gasteiger partial charge in [-0.25, -0.2) is 8.78 Å². The van der Waals surface area contributed by atoms with Gasteiger partial charge in [-0.2, -0.15) is 0 Å². The zero-order valence-corrected chi connectivity index (χ0v) is 9.93. The molecule has 76 valence electrons. The number of Topliss-reactive ketones (excluding diaryl/α,β-unsaturated/α-hetero) is 1. The molecule has 1 nitrogen and oxygen atoms in total. The maximum absolute atomic E-state index is 12.4. The van der Waals surface area contributed by atoms with Gasteiger partial charge < -0.3 is 0 Å². The zero-order valence-electron chi connectivity index (χ0n) is 7.77. The second-order valence-corrected chi connectivity index (χ2v) is 4.21. The van der Waals surface area contributed by atoms with Gasteiger partial charge in [0, 0.05) is 14.7 Å². The fourth-order valence-corrected chi connectivity index (χ4v) is 2.51. The van der Waals surface area contributed by atoms with Gasteiger partial charge in [-0.15, -0.1) is 0 Å². The van der Waals surface area contributed by atoms with E-state index in [4.69, 9.17) is 0 Å². The zero-order chi connectivity index (χ0) is 10.9. The summed E-state index contributed by atoms with van der Waals surface area (Å²) in [7, 11) is 0. The van der Waals surface area contributed by atoms with Gasteiger partial charge in [0.15, 0.2) is 5.78 Å². The van der Waals surface area contributed by atoms with Crippen molar-refractivity contribution in [3.63, 3.8) is 0 Å². The average Bonchev–Trinajstić information content (AvgIpc) is 2.01. The summed E-state index contributed by atoms with van der Waals surface area (Å²) in [4.78, 5) is 11.2. The Balaban J connectivity index is 3.32. The van der Waals surface area contributed by atoms with Crippen LogP contribution in [-0.4, -0.2) is 5.78 Å². The monoisotopic (exact) mass is 310 g/mol. The van der Waals surface area contributed by atoms with Crippen LogP contribution in [0.4, 0.5) is 8.78 Å². The highest BCUT2D eigenvalue weighted by Gasteiger charge is 2.14. The second kappa shape index (κ2) is 4.33. The molecule has 0 aliphatic carbocycles. The van der Waals surface area contributed by atoms with Crippen LogP contribution in [0.1, 0.15) is 34.8 Å². The Hall–Kier alpha value is -0.520. The van der Waals surface area contributed by atoms with Crippen molar-refractivity contribution < 1.29 is 13.6 Å². The largest absolute Gasteiger partial charge is 0.294 e. The predicted octanol–water partition coefficient (Wildman–Crippen LogP) is 3.74. The van der Waals surface area contributed by atoms with Crippen molar-refractivity contribution in [1.29, 1.82) is 0 Å². The van der Waals surface area contributed by atoms with E-state index in [1.165, 1.54) is 19.1 Å². The first-order valence-electron chi connectivity index (χ1n) is 4.02. The Morgan fingerprint density at radius 2 is 2.00 bits per heavy atom. The van der Waals surface area contributed by atoms with Crippen LogP contribution < -0.4 is 0 Å². The second-order valence-electron chi connectivity index (χ2n) is 3.05. The van der Waals surface area contributed by atoms with E-state index >= 15 is 0 Å². The molecule has 0 N–H and O–H groups in total. The summed E-state index contributed by atoms with van der Waals surface area (Å²) in [6.45, 7) is 3.11. The van der Waals surface area contributed by atoms with Crippen LogP contribution in [0.2, 0.25) is 0 Å². The van der Waals surface area contributed by atoms with Gasteiger partial charge in [-0.3, -0.25) is 4.79 Å². The fourth-order valence-electron chi connectivity index (χ4n) is 1.34. The van der Waals surface area contributed by atoms with Crippen molar-refractivity contribution in [3.8, 4) is 0 Å². The van der Waals surface area contributed by atoms with Crippen molar-refractivity contribution >= 4 is 28.4 Å². The lowest BCUT2D eigenvalue weighted by Gasteiger charge is -2.08. The number of benzene rings is 1. The molecule has 4 heteroatoms. The molecule has 0 aliphatic rings. The van der Waals surface area contributed by atoms with Crippen LogP contribution in [-0.2, 0) is 0 Å². The van der Waals surface area contributed by atoms with Gasteiger partial charge in [-0.1, -0.05) is 0 Å². The number of alkyl halides is 2. The number of ketones is 1. The summed E-state index contributed by atoms with van der Waals surface area (Å²) in [5, 5.41) is 0. The lowest BCUT2D eigenvalue weighted by molar-refractivity contribution is 0.101. The van der Waals surface area contributed by atoms with Gasteiger partial charge >= 0.3 is 0 Å². The lowest BCUT2D eigenvalue weighted by atomic mass is 10.0. The van der Waals surface area contributed by atoms with E-state index in [0.717, 1.165) is 0 Å². The first-order valence-corrected chi connectivity index (χ1v) is 5.10. The number of carbonyl (C=O) groups is 1. The highest BCUT2D eigenvalue weighted by Crippen LogP contribution is 2.26. The van der Waals surface area contributed by atoms with Crippen LogP contribution in [0.15, 0.2) is 12.1 Å². The van der Waals surface area contributed by atoms with Crippen LogP contribution >= 0.6 is 22.6 Å². The van der Waals surface area contributed by atoms with E-state index in [2.05, 4.69) is 0 Å². The summed E-state index contributed by atoms with van der Waals surface area (Å²) in [6.07, 6.45) is -2.48. The van der Waals surface area contributed by atoms with Gasteiger partial charge in [0.05, 0.1) is 0 Å². The summed E-state index contributed by atoms with van der Waals surface area (Å²) < 4.78 is 25.3. The van der Waals surface area contributed by atoms with Gasteiger partial charge in [0.25, 0.3) is 6.43 Å². The fraction of sp³-hybridized carbons (Fsp3) is 0.300. The molecule has 0 fully saturated rings. The van der Waals surface area contributed by atoms with Crippen molar-refractivity contribution in [2.24, 2.45) is 0 Å². The Bertz CT molecular complexity index is 351. The number of hydrogen-bond acceptors (Lipinski definition) is 1. The molecule has 1 aromatic carbocycles. The quantitative estimate of drug-likeness (QED) is 0.601. The minimum atomic E-state index is -2.48. The Morgan fingerprint density at radius 3 is 2.36 bits per heavy atom. The standard InChI is InChI=1S/C10H9F2IO/c1-5-3-7(10(11)12)4-8(13)9(5)6(2)14/h3-4,10H,1-2H3. The molecule has 0 amide bonds. The minimum absolute atomic E-state index is 0.0306. The number of aryl methyl sites for hydroxylation is 1. The van der Waals surface area contributed by atoms with Gasteiger partial charge in [0.1, 0.15) is 0 Å². The number of hydrogen-bond donors (Lipinski definition) is 0. The van der Waals surface area contributed by atoms with Crippen molar-refractivity contribution in [1.82, 2.24) is 0 Å². The Labute approximate surface area is 94.6 Å². The molecule has 0 unspecified atom stereocenters. The third-order valence-electron chi connectivity index (χ3n) is 1.91. The topological polar surface area (TPSA) is 17.1 Å². The van der Waals surface area contributed by atoms with E-state index in [0.29, 0.717) is 14.7 Å². The van der Waals surface area contributed by atoms with Crippen molar-refractivity contribution in [2.45, 2.75) is 20.3 Å². The molecule has 0 radical (unpaired) electrons. The third-order valence-corrected chi connectivity index (χ3v) is 2.76. The Kier molecular flexibility index (Phi) is 3.58. The molecule has 0 aliphatic heterocycles. The molecule has 1 aromatic rings. The molecule has 0 atom stereocenters. The van der Waals surface area contributed by atoms with Crippen molar-refractivity contribution in [3.05, 3.63) is 32.4 Å². The van der Waals surface area contributed by atoms with Crippen molar-refractivity contribution in [2.75, 3.05) is 0 Å². The van der Waals surface area contributed by atoms with Gasteiger partial charge in [-0.05, 0) is 54.1 Å². The summed E-state index contributed by atoms with van der Waals surface area (Å²) in [6, 6.07) is 2.72. The normalized spacial score (nSPS) is 10.7. The molecule has 1 rings (SSSR count). The smallest absolute Gasteiger partial charge is 0.263 e. The molecule has 0 spiro atoms. The maximum atomic E-state index is 12.4. The number of halogens is 3. The van der Waals surface area contributed by atoms with Crippen LogP contribution in [0.5, 0.6) is 0 Å². The number of rotatable bonds is 2. The molecule has 0 bridgehead atoms.